The average Bonchev–Trinajstić information content (AvgIpc) is 2.28. The van der Waals surface area contributed by atoms with Crippen molar-refractivity contribution < 1.29 is 19.4 Å². The van der Waals surface area contributed by atoms with Gasteiger partial charge in [0.15, 0.2) is 0 Å². The molecule has 1 rings (SSSR count). The van der Waals surface area contributed by atoms with Gasteiger partial charge in [-0.1, -0.05) is 11.8 Å². The third-order valence-corrected chi connectivity index (χ3v) is 1.69. The van der Waals surface area contributed by atoms with E-state index in [4.69, 9.17) is 5.11 Å². The summed E-state index contributed by atoms with van der Waals surface area (Å²) in [4.78, 5) is 25.4. The quantitative estimate of drug-likeness (QED) is 0.585. The van der Waals surface area contributed by atoms with Crippen LogP contribution in [0, 0.1) is 11.8 Å². The zero-order chi connectivity index (χ0) is 12.0. The smallest absolute Gasteiger partial charge is 0.339 e. The Bertz CT molecular complexity index is 470. The highest BCUT2D eigenvalue weighted by Gasteiger charge is 2.09. The first kappa shape index (κ1) is 11.7. The van der Waals surface area contributed by atoms with Gasteiger partial charge in [0, 0.05) is 12.4 Å². The normalized spacial score (nSPS) is 8.81. The second-order valence-corrected chi connectivity index (χ2v) is 2.79. The van der Waals surface area contributed by atoms with Crippen LogP contribution in [0.4, 0.5) is 0 Å². The zero-order valence-corrected chi connectivity index (χ0v) is 8.56. The van der Waals surface area contributed by atoms with E-state index in [2.05, 4.69) is 21.6 Å². The summed E-state index contributed by atoms with van der Waals surface area (Å²) in [6.45, 7) is 0. The zero-order valence-electron chi connectivity index (χ0n) is 8.56. The van der Waals surface area contributed by atoms with Crippen molar-refractivity contribution in [1.29, 1.82) is 0 Å². The minimum Gasteiger partial charge on any atom is -0.481 e. The number of rotatable bonds is 2. The predicted octanol–water partition coefficient (Wildman–Crippen LogP) is 0.694. The van der Waals surface area contributed by atoms with Gasteiger partial charge in [-0.3, -0.25) is 9.78 Å². The van der Waals surface area contributed by atoms with Gasteiger partial charge >= 0.3 is 11.9 Å². The molecule has 5 nitrogen and oxygen atoms in total. The Morgan fingerprint density at radius 2 is 2.31 bits per heavy atom. The van der Waals surface area contributed by atoms with E-state index in [0.29, 0.717) is 5.56 Å². The highest BCUT2D eigenvalue weighted by atomic mass is 16.5. The first-order valence-electron chi connectivity index (χ1n) is 4.38. The van der Waals surface area contributed by atoms with E-state index >= 15 is 0 Å². The van der Waals surface area contributed by atoms with Crippen LogP contribution in [-0.4, -0.2) is 29.1 Å². The molecule has 0 fully saturated rings. The van der Waals surface area contributed by atoms with Crippen molar-refractivity contribution >= 4 is 11.9 Å². The summed E-state index contributed by atoms with van der Waals surface area (Å²) < 4.78 is 4.55. The SMILES string of the molecule is COC(=O)c1ccncc1C#CCC(=O)O. The molecule has 82 valence electrons. The third kappa shape index (κ3) is 3.10. The van der Waals surface area contributed by atoms with Crippen LogP contribution in [0.1, 0.15) is 22.3 Å². The molecule has 5 heteroatoms. The van der Waals surface area contributed by atoms with Crippen molar-refractivity contribution in [2.24, 2.45) is 0 Å². The van der Waals surface area contributed by atoms with Crippen molar-refractivity contribution in [3.8, 4) is 11.8 Å². The van der Waals surface area contributed by atoms with E-state index in [1.807, 2.05) is 0 Å². The van der Waals surface area contributed by atoms with Crippen LogP contribution in [-0.2, 0) is 9.53 Å². The largest absolute Gasteiger partial charge is 0.481 e. The van der Waals surface area contributed by atoms with Gasteiger partial charge in [0.05, 0.1) is 18.2 Å². The summed E-state index contributed by atoms with van der Waals surface area (Å²) in [6.07, 6.45) is 2.55. The molecule has 0 aliphatic carbocycles. The monoisotopic (exact) mass is 219 g/mol. The van der Waals surface area contributed by atoms with Gasteiger partial charge in [-0.25, -0.2) is 4.79 Å². The number of ether oxygens (including phenoxy) is 1. The number of aromatic nitrogens is 1. The second kappa shape index (κ2) is 5.51. The molecule has 0 spiro atoms. The molecule has 1 N–H and O–H groups in total. The summed E-state index contributed by atoms with van der Waals surface area (Å²) in [7, 11) is 1.26. The van der Waals surface area contributed by atoms with Gasteiger partial charge in [0.2, 0.25) is 0 Å². The minimum atomic E-state index is -1.02. The second-order valence-electron chi connectivity index (χ2n) is 2.79. The maximum absolute atomic E-state index is 11.3. The van der Waals surface area contributed by atoms with Crippen LogP contribution in [0.5, 0.6) is 0 Å². The summed E-state index contributed by atoms with van der Waals surface area (Å²) >= 11 is 0. The lowest BCUT2D eigenvalue weighted by Gasteiger charge is -2.00. The average molecular weight is 219 g/mol. The minimum absolute atomic E-state index is 0.274. The maximum atomic E-state index is 11.3. The predicted molar refractivity (Wildman–Crippen MR) is 54.7 cm³/mol. The Labute approximate surface area is 92.1 Å². The van der Waals surface area contributed by atoms with Gasteiger partial charge in [0.25, 0.3) is 0 Å². The fourth-order valence-corrected chi connectivity index (χ4v) is 0.997. The lowest BCUT2D eigenvalue weighted by molar-refractivity contribution is -0.135. The number of nitrogens with zero attached hydrogens (tertiary/aromatic N) is 1. The number of esters is 1. The molecule has 0 atom stereocenters. The molecule has 0 radical (unpaired) electrons. The summed E-state index contributed by atoms with van der Waals surface area (Å²) in [5.41, 5.74) is 0.631. The van der Waals surface area contributed by atoms with Gasteiger partial charge in [-0.15, -0.1) is 0 Å². The number of hydrogen-bond acceptors (Lipinski definition) is 4. The Kier molecular flexibility index (Phi) is 4.04. The van der Waals surface area contributed by atoms with Crippen molar-refractivity contribution in [2.75, 3.05) is 7.11 Å². The molecule has 0 amide bonds. The number of hydrogen-bond donors (Lipinski definition) is 1. The Morgan fingerprint density at radius 3 is 2.94 bits per heavy atom. The van der Waals surface area contributed by atoms with E-state index in [1.54, 1.807) is 0 Å². The van der Waals surface area contributed by atoms with Crippen LogP contribution in [0.2, 0.25) is 0 Å². The van der Waals surface area contributed by atoms with Crippen LogP contribution in [0.3, 0.4) is 0 Å². The third-order valence-electron chi connectivity index (χ3n) is 1.69. The van der Waals surface area contributed by atoms with E-state index in [0.717, 1.165) is 0 Å². The van der Waals surface area contributed by atoms with Crippen LogP contribution < -0.4 is 0 Å². The molecule has 1 aromatic heterocycles. The van der Waals surface area contributed by atoms with E-state index in [-0.39, 0.29) is 12.0 Å². The molecule has 0 aliphatic heterocycles. The van der Waals surface area contributed by atoms with Crippen molar-refractivity contribution in [3.63, 3.8) is 0 Å². The molecule has 16 heavy (non-hydrogen) atoms. The standard InChI is InChI=1S/C11H9NO4/c1-16-11(15)9-5-6-12-7-8(9)3-2-4-10(13)14/h5-7H,4H2,1H3,(H,13,14). The van der Waals surface area contributed by atoms with Gasteiger partial charge in [-0.05, 0) is 6.07 Å². The van der Waals surface area contributed by atoms with Crippen LogP contribution in [0.25, 0.3) is 0 Å². The molecular formula is C11H9NO4. The number of carbonyl (C=O) groups excluding carboxylic acids is 1. The van der Waals surface area contributed by atoms with Gasteiger partial charge in [-0.2, -0.15) is 0 Å². The Balaban J connectivity index is 2.98. The number of carboxylic acids is 1. The number of carboxylic acid groups (broad SMARTS) is 1. The van der Waals surface area contributed by atoms with E-state index in [1.165, 1.54) is 25.6 Å². The van der Waals surface area contributed by atoms with E-state index in [9.17, 15) is 9.59 Å². The molecule has 0 unspecified atom stereocenters. The number of methoxy groups -OCH3 is 1. The molecule has 0 bridgehead atoms. The molecule has 0 aliphatic rings. The molecule has 1 aromatic rings. The lowest BCUT2D eigenvalue weighted by atomic mass is 10.1. The Hall–Kier alpha value is -2.35. The fraction of sp³-hybridized carbons (Fsp3) is 0.182. The van der Waals surface area contributed by atoms with Crippen molar-refractivity contribution in [1.82, 2.24) is 4.98 Å². The topological polar surface area (TPSA) is 76.5 Å². The summed E-state index contributed by atoms with van der Waals surface area (Å²) in [5.74, 6) is 3.45. The Morgan fingerprint density at radius 1 is 1.56 bits per heavy atom. The highest BCUT2D eigenvalue weighted by Crippen LogP contribution is 2.06. The van der Waals surface area contributed by atoms with E-state index < -0.39 is 11.9 Å². The molecule has 1 heterocycles. The maximum Gasteiger partial charge on any atom is 0.339 e. The number of pyridine rings is 1. The number of carbonyl (C=O) groups is 2. The molecular weight excluding hydrogens is 210 g/mol. The molecule has 0 saturated carbocycles. The lowest BCUT2D eigenvalue weighted by Crippen LogP contribution is -2.04. The van der Waals surface area contributed by atoms with Crippen molar-refractivity contribution in [3.05, 3.63) is 29.6 Å². The van der Waals surface area contributed by atoms with Gasteiger partial charge < -0.3 is 9.84 Å². The molecule has 0 saturated heterocycles. The summed E-state index contributed by atoms with van der Waals surface area (Å²) in [6, 6.07) is 1.47. The van der Waals surface area contributed by atoms with Crippen LogP contribution in [0.15, 0.2) is 18.5 Å². The number of aliphatic carboxylic acids is 1. The van der Waals surface area contributed by atoms with Gasteiger partial charge in [0.1, 0.15) is 6.42 Å². The first-order valence-corrected chi connectivity index (χ1v) is 4.38. The summed E-state index contributed by atoms with van der Waals surface area (Å²) in [5, 5.41) is 8.41. The fourth-order valence-electron chi connectivity index (χ4n) is 0.997. The first-order chi connectivity index (χ1) is 7.65. The van der Waals surface area contributed by atoms with Crippen LogP contribution >= 0.6 is 0 Å². The van der Waals surface area contributed by atoms with Crippen molar-refractivity contribution in [2.45, 2.75) is 6.42 Å². The highest BCUT2D eigenvalue weighted by molar-refractivity contribution is 5.92. The molecule has 0 aromatic carbocycles.